The summed E-state index contributed by atoms with van der Waals surface area (Å²) in [5.41, 5.74) is 0. The topological polar surface area (TPSA) is 77.8 Å². The second-order valence-electron chi connectivity index (χ2n) is 2.84. The minimum absolute atomic E-state index is 0.249. The molecular weight excluding hydrogens is 205 g/mol. The van der Waals surface area contributed by atoms with Gasteiger partial charge in [-0.25, -0.2) is 4.62 Å². The van der Waals surface area contributed by atoms with E-state index in [0.29, 0.717) is 6.42 Å². The summed E-state index contributed by atoms with van der Waals surface area (Å²) in [7, 11) is -1.76. The molecule has 0 aromatic carbocycles. The van der Waals surface area contributed by atoms with Gasteiger partial charge in [0, 0.05) is 13.1 Å². The maximum atomic E-state index is 9.29. The van der Waals surface area contributed by atoms with Gasteiger partial charge in [0.2, 0.25) is 0 Å². The van der Waals surface area contributed by atoms with Crippen LogP contribution < -0.4 is 5.25 Å². The van der Waals surface area contributed by atoms with Crippen molar-refractivity contribution >= 4 is 8.53 Å². The molecule has 80 valence electrons. The highest BCUT2D eigenvalue weighted by Gasteiger charge is 2.17. The van der Waals surface area contributed by atoms with Gasteiger partial charge >= 0.3 is 0 Å². The highest BCUT2D eigenvalue weighted by atomic mass is 31.2. The van der Waals surface area contributed by atoms with E-state index in [0.717, 1.165) is 25.9 Å². The zero-order chi connectivity index (χ0) is 10.2. The first-order valence-electron chi connectivity index (χ1n) is 4.49. The number of hydroxylamine groups is 2. The predicted octanol–water partition coefficient (Wildman–Crippen LogP) is 0.668. The molecule has 0 aromatic rings. The Balaban J connectivity index is 1.98. The van der Waals surface area contributed by atoms with Gasteiger partial charge in [0.15, 0.2) is 0 Å². The van der Waals surface area contributed by atoms with Crippen LogP contribution in [-0.2, 0) is 9.46 Å². The molecule has 1 aliphatic rings. The van der Waals surface area contributed by atoms with Gasteiger partial charge in [-0.2, -0.15) is 10.3 Å². The zero-order valence-corrected chi connectivity index (χ0v) is 8.74. The van der Waals surface area contributed by atoms with E-state index in [2.05, 4.69) is 5.25 Å². The zero-order valence-electron chi connectivity index (χ0n) is 7.85. The predicted molar refractivity (Wildman–Crippen MR) is 50.3 cm³/mol. The van der Waals surface area contributed by atoms with Crippen molar-refractivity contribution in [3.05, 3.63) is 0 Å². The lowest BCUT2D eigenvalue weighted by Crippen LogP contribution is -2.21. The third-order valence-corrected chi connectivity index (χ3v) is 2.39. The van der Waals surface area contributed by atoms with Gasteiger partial charge in [0.1, 0.15) is 0 Å². The Bertz CT molecular complexity index is 193. The van der Waals surface area contributed by atoms with E-state index >= 15 is 0 Å². The van der Waals surface area contributed by atoms with Crippen molar-refractivity contribution in [3.63, 3.8) is 0 Å². The molecule has 6 nitrogen and oxygen atoms in total. The molecule has 1 rings (SSSR count). The second-order valence-corrected chi connectivity index (χ2v) is 3.73. The fourth-order valence-electron chi connectivity index (χ4n) is 1.09. The monoisotopic (exact) mass is 219 g/mol. The number of nitriles is 1. The third-order valence-electron chi connectivity index (χ3n) is 1.72. The SMILES string of the molecule is N#CCCONP(O)ON1CCCC1. The van der Waals surface area contributed by atoms with Crippen LogP contribution >= 0.6 is 8.53 Å². The smallest absolute Gasteiger partial charge is 0.296 e. The van der Waals surface area contributed by atoms with Gasteiger partial charge in [-0.1, -0.05) is 0 Å². The molecular formula is C7H14N3O3P. The normalized spacial score (nSPS) is 19.4. The van der Waals surface area contributed by atoms with E-state index in [1.807, 2.05) is 6.07 Å². The van der Waals surface area contributed by atoms with Crippen molar-refractivity contribution in [1.82, 2.24) is 10.3 Å². The summed E-state index contributed by atoms with van der Waals surface area (Å²) in [5, 5.41) is 12.3. The molecule has 7 heteroatoms. The van der Waals surface area contributed by atoms with Gasteiger partial charge in [-0.05, 0) is 12.8 Å². The fraction of sp³-hybridized carbons (Fsp3) is 0.857. The first kappa shape index (κ1) is 11.8. The number of hydrogen-bond donors (Lipinski definition) is 2. The quantitative estimate of drug-likeness (QED) is 0.388. The van der Waals surface area contributed by atoms with Gasteiger partial charge < -0.3 is 4.89 Å². The summed E-state index contributed by atoms with van der Waals surface area (Å²) < 4.78 is 5.13. The molecule has 0 saturated carbocycles. The van der Waals surface area contributed by atoms with Gasteiger partial charge in [0.05, 0.1) is 19.1 Å². The minimum Gasteiger partial charge on any atom is -0.336 e. The van der Waals surface area contributed by atoms with E-state index < -0.39 is 8.53 Å². The van der Waals surface area contributed by atoms with Crippen LogP contribution in [-0.4, -0.2) is 29.7 Å². The van der Waals surface area contributed by atoms with Crippen molar-refractivity contribution in [3.8, 4) is 6.07 Å². The number of nitrogens with zero attached hydrogens (tertiary/aromatic N) is 2. The molecule has 1 unspecified atom stereocenters. The Kier molecular flexibility index (Phi) is 5.96. The molecule has 0 aromatic heterocycles. The second kappa shape index (κ2) is 7.07. The molecule has 0 bridgehead atoms. The minimum atomic E-state index is -1.76. The standard InChI is InChI=1S/C7H14N3O3P/c8-4-3-7-12-9-14(11)13-10-5-1-2-6-10/h9,11H,1-3,5-7H2. The summed E-state index contributed by atoms with van der Waals surface area (Å²) in [4.78, 5) is 14.1. The van der Waals surface area contributed by atoms with E-state index in [1.165, 1.54) is 0 Å². The molecule has 0 spiro atoms. The molecule has 1 aliphatic heterocycles. The Hall–Kier alpha value is -0.280. The molecule has 2 N–H and O–H groups in total. The summed E-state index contributed by atoms with van der Waals surface area (Å²) >= 11 is 0. The summed E-state index contributed by atoms with van der Waals surface area (Å²) in [5.74, 6) is 0. The van der Waals surface area contributed by atoms with E-state index in [-0.39, 0.29) is 6.61 Å². The van der Waals surface area contributed by atoms with Crippen molar-refractivity contribution in [1.29, 1.82) is 5.26 Å². The average Bonchev–Trinajstić information content (AvgIpc) is 2.65. The number of hydrogen-bond acceptors (Lipinski definition) is 6. The largest absolute Gasteiger partial charge is 0.336 e. The summed E-state index contributed by atoms with van der Waals surface area (Å²) in [6, 6.07) is 1.92. The van der Waals surface area contributed by atoms with Crippen LogP contribution in [0.15, 0.2) is 0 Å². The van der Waals surface area contributed by atoms with Crippen molar-refractivity contribution < 1.29 is 14.4 Å². The van der Waals surface area contributed by atoms with Gasteiger partial charge in [0.25, 0.3) is 8.53 Å². The Morgan fingerprint density at radius 3 is 2.86 bits per heavy atom. The molecule has 0 aliphatic carbocycles. The number of nitrogens with one attached hydrogen (secondary N) is 1. The highest BCUT2D eigenvalue weighted by molar-refractivity contribution is 7.43. The molecule has 1 heterocycles. The first-order chi connectivity index (χ1) is 6.83. The van der Waals surface area contributed by atoms with Crippen molar-refractivity contribution in [2.45, 2.75) is 19.3 Å². The Morgan fingerprint density at radius 2 is 2.21 bits per heavy atom. The summed E-state index contributed by atoms with van der Waals surface area (Å²) in [6.07, 6.45) is 2.48. The van der Waals surface area contributed by atoms with Crippen molar-refractivity contribution in [2.75, 3.05) is 19.7 Å². The van der Waals surface area contributed by atoms with Crippen LogP contribution in [0.3, 0.4) is 0 Å². The van der Waals surface area contributed by atoms with E-state index in [9.17, 15) is 4.89 Å². The van der Waals surface area contributed by atoms with Gasteiger partial charge in [-0.3, -0.25) is 4.84 Å². The maximum Gasteiger partial charge on any atom is 0.296 e. The van der Waals surface area contributed by atoms with Crippen molar-refractivity contribution in [2.24, 2.45) is 0 Å². The van der Waals surface area contributed by atoms with E-state index in [1.54, 1.807) is 5.06 Å². The summed E-state index contributed by atoms with van der Waals surface area (Å²) in [6.45, 7) is 1.94. The first-order valence-corrected chi connectivity index (χ1v) is 5.70. The van der Waals surface area contributed by atoms with Crippen LogP contribution in [0.4, 0.5) is 0 Å². The number of rotatable bonds is 6. The third kappa shape index (κ3) is 4.82. The van der Waals surface area contributed by atoms with E-state index in [4.69, 9.17) is 14.7 Å². The lowest BCUT2D eigenvalue weighted by Gasteiger charge is -2.18. The highest BCUT2D eigenvalue weighted by Crippen LogP contribution is 2.29. The molecule has 1 fully saturated rings. The molecule has 0 radical (unpaired) electrons. The van der Waals surface area contributed by atoms with Crippen LogP contribution in [0.1, 0.15) is 19.3 Å². The Labute approximate surface area is 84.3 Å². The van der Waals surface area contributed by atoms with Crippen LogP contribution in [0, 0.1) is 11.3 Å². The van der Waals surface area contributed by atoms with Crippen LogP contribution in [0.25, 0.3) is 0 Å². The lowest BCUT2D eigenvalue weighted by molar-refractivity contribution is -0.0470. The average molecular weight is 219 g/mol. The van der Waals surface area contributed by atoms with Crippen LogP contribution in [0.5, 0.6) is 0 Å². The Morgan fingerprint density at radius 1 is 1.50 bits per heavy atom. The fourth-order valence-corrected chi connectivity index (χ4v) is 1.71. The molecule has 14 heavy (non-hydrogen) atoms. The molecule has 0 amide bonds. The molecule has 1 saturated heterocycles. The maximum absolute atomic E-state index is 9.29. The lowest BCUT2D eigenvalue weighted by atomic mass is 10.4. The molecule has 1 atom stereocenters. The van der Waals surface area contributed by atoms with Gasteiger partial charge in [-0.15, -0.1) is 5.25 Å². The van der Waals surface area contributed by atoms with Crippen LogP contribution in [0.2, 0.25) is 0 Å².